The van der Waals surface area contributed by atoms with Crippen molar-refractivity contribution in [3.8, 4) is 5.75 Å². The zero-order valence-corrected chi connectivity index (χ0v) is 23.5. The summed E-state index contributed by atoms with van der Waals surface area (Å²) < 4.78 is 32.1. The Bertz CT molecular complexity index is 1150. The van der Waals surface area contributed by atoms with Gasteiger partial charge in [0, 0.05) is 28.7 Å². The summed E-state index contributed by atoms with van der Waals surface area (Å²) in [5.41, 5.74) is 0.682. The van der Waals surface area contributed by atoms with Gasteiger partial charge in [0.15, 0.2) is 0 Å². The predicted octanol–water partition coefficient (Wildman–Crippen LogP) is 4.35. The minimum absolute atomic E-state index is 0.0850. The van der Waals surface area contributed by atoms with Crippen molar-refractivity contribution in [1.29, 1.82) is 0 Å². The summed E-state index contributed by atoms with van der Waals surface area (Å²) in [6.07, 6.45) is 1.01. The number of nitrogens with zero attached hydrogens (tertiary/aromatic N) is 2. The fourth-order valence-corrected chi connectivity index (χ4v) is 4.79. The number of sulfonamides is 1. The highest BCUT2D eigenvalue weighted by Gasteiger charge is 2.31. The summed E-state index contributed by atoms with van der Waals surface area (Å²) >= 11 is 12.7. The van der Waals surface area contributed by atoms with E-state index in [-0.39, 0.29) is 24.1 Å². The van der Waals surface area contributed by atoms with Gasteiger partial charge in [0.25, 0.3) is 0 Å². The van der Waals surface area contributed by atoms with Crippen LogP contribution in [0, 0.1) is 5.92 Å². The minimum atomic E-state index is -3.89. The number of ether oxygens (including phenoxy) is 1. The van der Waals surface area contributed by atoms with Gasteiger partial charge in [0.1, 0.15) is 18.3 Å². The smallest absolute Gasteiger partial charge is 0.244 e. The monoisotopic (exact) mass is 557 g/mol. The highest BCUT2D eigenvalue weighted by atomic mass is 35.5. The van der Waals surface area contributed by atoms with Gasteiger partial charge in [-0.05, 0) is 44.0 Å². The second-order valence-corrected chi connectivity index (χ2v) is 11.4. The number of anilines is 1. The molecule has 2 aromatic rings. The fourth-order valence-electron chi connectivity index (χ4n) is 3.42. The number of halogens is 2. The van der Waals surface area contributed by atoms with Gasteiger partial charge in [-0.3, -0.25) is 13.9 Å². The molecule has 2 rings (SSSR count). The number of rotatable bonds is 12. The van der Waals surface area contributed by atoms with Crippen molar-refractivity contribution in [2.24, 2.45) is 5.92 Å². The third-order valence-corrected chi connectivity index (χ3v) is 7.19. The zero-order valence-electron chi connectivity index (χ0n) is 21.1. The standard InChI is InChI=1S/C25H33Cl2N3O5S/c1-6-35-23-13-8-7-12-22(23)30(36(5,33)34)16-24(31)29(18(4)25(32)28-14-17(2)3)15-19-20(26)10-9-11-21(19)27/h7-13,17-18H,6,14-16H2,1-5H3,(H,28,32)/t18-/m1/s1. The van der Waals surface area contributed by atoms with Crippen LogP contribution in [0.5, 0.6) is 5.75 Å². The number of amides is 2. The second-order valence-electron chi connectivity index (χ2n) is 8.71. The van der Waals surface area contributed by atoms with Gasteiger partial charge in [-0.1, -0.05) is 55.2 Å². The number of hydrogen-bond donors (Lipinski definition) is 1. The Morgan fingerprint density at radius 1 is 1.03 bits per heavy atom. The van der Waals surface area contributed by atoms with E-state index in [2.05, 4.69) is 5.32 Å². The van der Waals surface area contributed by atoms with Crippen LogP contribution >= 0.6 is 23.2 Å². The first-order valence-electron chi connectivity index (χ1n) is 11.6. The maximum atomic E-state index is 13.7. The number of nitrogens with one attached hydrogen (secondary N) is 1. The highest BCUT2D eigenvalue weighted by Crippen LogP contribution is 2.31. The van der Waals surface area contributed by atoms with Gasteiger partial charge in [-0.15, -0.1) is 0 Å². The lowest BCUT2D eigenvalue weighted by Gasteiger charge is -2.32. The first kappa shape index (κ1) is 29.7. The first-order valence-corrected chi connectivity index (χ1v) is 14.2. The Morgan fingerprint density at radius 3 is 2.19 bits per heavy atom. The van der Waals surface area contributed by atoms with Crippen molar-refractivity contribution in [1.82, 2.24) is 10.2 Å². The highest BCUT2D eigenvalue weighted by molar-refractivity contribution is 7.92. The van der Waals surface area contributed by atoms with Crippen molar-refractivity contribution >= 4 is 50.7 Å². The third kappa shape index (κ3) is 8.01. The fraction of sp³-hybridized carbons (Fsp3) is 0.440. The summed E-state index contributed by atoms with van der Waals surface area (Å²) in [6.45, 7) is 7.37. The van der Waals surface area contributed by atoms with Crippen LogP contribution in [0.1, 0.15) is 33.3 Å². The van der Waals surface area contributed by atoms with E-state index >= 15 is 0 Å². The number of benzene rings is 2. The zero-order chi connectivity index (χ0) is 27.0. The maximum Gasteiger partial charge on any atom is 0.244 e. The molecule has 1 N–H and O–H groups in total. The van der Waals surface area contributed by atoms with Gasteiger partial charge in [0.2, 0.25) is 21.8 Å². The van der Waals surface area contributed by atoms with Crippen LogP contribution in [0.2, 0.25) is 10.0 Å². The van der Waals surface area contributed by atoms with Crippen LogP contribution in [0.4, 0.5) is 5.69 Å². The number of hydrogen-bond acceptors (Lipinski definition) is 5. The molecule has 0 aromatic heterocycles. The van der Waals surface area contributed by atoms with E-state index < -0.39 is 28.5 Å². The van der Waals surface area contributed by atoms with Crippen LogP contribution in [-0.2, 0) is 26.2 Å². The lowest BCUT2D eigenvalue weighted by Crippen LogP contribution is -2.51. The molecule has 2 aromatic carbocycles. The van der Waals surface area contributed by atoms with Crippen LogP contribution in [0.3, 0.4) is 0 Å². The van der Waals surface area contributed by atoms with Gasteiger partial charge in [-0.2, -0.15) is 0 Å². The molecule has 1 atom stereocenters. The minimum Gasteiger partial charge on any atom is -0.492 e. The maximum absolute atomic E-state index is 13.7. The molecule has 0 aliphatic heterocycles. The van der Waals surface area contributed by atoms with Gasteiger partial charge in [0.05, 0.1) is 18.6 Å². The molecule has 0 heterocycles. The van der Waals surface area contributed by atoms with Crippen LogP contribution < -0.4 is 14.4 Å². The van der Waals surface area contributed by atoms with Gasteiger partial charge < -0.3 is 15.0 Å². The molecule has 0 fully saturated rings. The Kier molecular flexibility index (Phi) is 10.9. The Hall–Kier alpha value is -2.49. The lowest BCUT2D eigenvalue weighted by atomic mass is 10.1. The van der Waals surface area contributed by atoms with E-state index in [1.54, 1.807) is 56.3 Å². The largest absolute Gasteiger partial charge is 0.492 e. The summed E-state index contributed by atoms with van der Waals surface area (Å²) in [5.74, 6) is -0.448. The van der Waals surface area contributed by atoms with Gasteiger partial charge >= 0.3 is 0 Å². The molecule has 198 valence electrons. The molecular formula is C25H33Cl2N3O5S. The van der Waals surface area contributed by atoms with Crippen molar-refractivity contribution in [2.75, 3.05) is 30.3 Å². The van der Waals surface area contributed by atoms with Gasteiger partial charge in [-0.25, -0.2) is 8.42 Å². The van der Waals surface area contributed by atoms with E-state index in [4.69, 9.17) is 27.9 Å². The molecule has 11 heteroatoms. The summed E-state index contributed by atoms with van der Waals surface area (Å²) in [7, 11) is -3.89. The van der Waals surface area contributed by atoms with E-state index in [0.717, 1.165) is 10.6 Å². The van der Waals surface area contributed by atoms with Crippen molar-refractivity contribution in [3.63, 3.8) is 0 Å². The molecule has 0 aliphatic carbocycles. The van der Waals surface area contributed by atoms with Crippen LogP contribution in [0.25, 0.3) is 0 Å². The van der Waals surface area contributed by atoms with Crippen molar-refractivity contribution < 1.29 is 22.7 Å². The number of carbonyl (C=O) groups is 2. The van der Waals surface area contributed by atoms with E-state index in [1.165, 1.54) is 4.90 Å². The number of para-hydroxylation sites is 2. The average Bonchev–Trinajstić information content (AvgIpc) is 2.80. The normalized spacial score (nSPS) is 12.2. The summed E-state index contributed by atoms with van der Waals surface area (Å²) in [4.78, 5) is 27.9. The Labute approximate surface area is 223 Å². The molecular weight excluding hydrogens is 525 g/mol. The molecule has 2 amide bonds. The lowest BCUT2D eigenvalue weighted by molar-refractivity contribution is -0.139. The van der Waals surface area contributed by atoms with E-state index in [9.17, 15) is 18.0 Å². The molecule has 0 bridgehead atoms. The summed E-state index contributed by atoms with van der Waals surface area (Å²) in [5, 5.41) is 3.48. The molecule has 36 heavy (non-hydrogen) atoms. The third-order valence-electron chi connectivity index (χ3n) is 5.35. The molecule has 0 saturated heterocycles. The van der Waals surface area contributed by atoms with E-state index in [0.29, 0.717) is 34.5 Å². The average molecular weight is 559 g/mol. The molecule has 8 nitrogen and oxygen atoms in total. The summed E-state index contributed by atoms with van der Waals surface area (Å²) in [6, 6.07) is 10.6. The first-order chi connectivity index (χ1) is 16.9. The van der Waals surface area contributed by atoms with Crippen molar-refractivity contribution in [2.45, 2.75) is 40.3 Å². The Morgan fingerprint density at radius 2 is 1.64 bits per heavy atom. The number of carbonyl (C=O) groups excluding carboxylic acids is 2. The molecule has 0 unspecified atom stereocenters. The quantitative estimate of drug-likeness (QED) is 0.418. The van der Waals surface area contributed by atoms with E-state index in [1.807, 2.05) is 13.8 Å². The predicted molar refractivity (Wildman–Crippen MR) is 144 cm³/mol. The van der Waals surface area contributed by atoms with Crippen LogP contribution in [0.15, 0.2) is 42.5 Å². The second kappa shape index (κ2) is 13.2. The molecule has 0 radical (unpaired) electrons. The Balaban J connectivity index is 2.47. The van der Waals surface area contributed by atoms with Crippen LogP contribution in [-0.4, -0.2) is 57.1 Å². The van der Waals surface area contributed by atoms with Crippen molar-refractivity contribution in [3.05, 3.63) is 58.1 Å². The topological polar surface area (TPSA) is 96.0 Å². The SMILES string of the molecule is CCOc1ccccc1N(CC(=O)N(Cc1c(Cl)cccc1Cl)[C@H](C)C(=O)NCC(C)C)S(C)(=O)=O. The molecule has 0 spiro atoms. The molecule has 0 saturated carbocycles. The molecule has 0 aliphatic rings.